The Bertz CT molecular complexity index is 1140. The van der Waals surface area contributed by atoms with Gasteiger partial charge in [0.15, 0.2) is 0 Å². The lowest BCUT2D eigenvalue weighted by molar-refractivity contribution is -0.122. The quantitative estimate of drug-likeness (QED) is 0.667. The van der Waals surface area contributed by atoms with Gasteiger partial charge in [-0.2, -0.15) is 0 Å². The summed E-state index contributed by atoms with van der Waals surface area (Å²) in [6.07, 6.45) is 2.47. The van der Waals surface area contributed by atoms with Crippen LogP contribution in [0, 0.1) is 0 Å². The molecule has 7 heteroatoms. The second kappa shape index (κ2) is 8.45. The van der Waals surface area contributed by atoms with Gasteiger partial charge in [0.25, 0.3) is 11.1 Å². The summed E-state index contributed by atoms with van der Waals surface area (Å²) in [4.78, 5) is 39.6. The van der Waals surface area contributed by atoms with Gasteiger partial charge in [0.1, 0.15) is 6.54 Å². The van der Waals surface area contributed by atoms with E-state index in [0.717, 1.165) is 29.9 Å². The average molecular weight is 392 g/mol. The van der Waals surface area contributed by atoms with Crippen molar-refractivity contribution in [1.29, 1.82) is 0 Å². The molecule has 2 N–H and O–H groups in total. The normalized spacial score (nSPS) is 14.3. The van der Waals surface area contributed by atoms with Crippen LogP contribution in [-0.4, -0.2) is 33.7 Å². The first-order valence-corrected chi connectivity index (χ1v) is 9.89. The number of benzene rings is 2. The van der Waals surface area contributed by atoms with Crippen molar-refractivity contribution in [1.82, 2.24) is 20.0 Å². The molecule has 1 fully saturated rings. The van der Waals surface area contributed by atoms with Crippen LogP contribution >= 0.6 is 0 Å². The average Bonchev–Trinajstić information content (AvgIpc) is 3.24. The van der Waals surface area contributed by atoms with Gasteiger partial charge in [-0.1, -0.05) is 36.4 Å². The molecule has 1 aromatic heterocycles. The van der Waals surface area contributed by atoms with Gasteiger partial charge in [-0.3, -0.25) is 24.4 Å². The number of amides is 1. The van der Waals surface area contributed by atoms with Gasteiger partial charge in [-0.15, -0.1) is 0 Å². The standard InChI is InChI=1S/C22H24N4O3/c27-20(15-26-22(29)19-10-4-3-9-18(19)21(28)24-26)23-13-16-7-1-2-8-17(16)14-25-11-5-6-12-25/h1-4,7-10H,5-6,11-15H2,(H,23,27)(H,24,28). The molecule has 1 aliphatic rings. The number of nitrogens with one attached hydrogen (secondary N) is 2. The third-order valence-electron chi connectivity index (χ3n) is 5.37. The summed E-state index contributed by atoms with van der Waals surface area (Å²) in [5.74, 6) is -0.325. The van der Waals surface area contributed by atoms with Gasteiger partial charge in [0.2, 0.25) is 5.91 Å². The zero-order valence-corrected chi connectivity index (χ0v) is 16.2. The number of carbonyl (C=O) groups excluding carboxylic acids is 1. The summed E-state index contributed by atoms with van der Waals surface area (Å²) in [5, 5.41) is 5.99. The van der Waals surface area contributed by atoms with Gasteiger partial charge < -0.3 is 5.32 Å². The highest BCUT2D eigenvalue weighted by Crippen LogP contribution is 2.16. The summed E-state index contributed by atoms with van der Waals surface area (Å²) in [6.45, 7) is 3.25. The number of rotatable bonds is 6. The third-order valence-corrected chi connectivity index (χ3v) is 5.37. The van der Waals surface area contributed by atoms with Crippen LogP contribution in [0.15, 0.2) is 58.1 Å². The summed E-state index contributed by atoms with van der Waals surface area (Å²) in [6, 6.07) is 14.7. The molecule has 0 radical (unpaired) electrons. The SMILES string of the molecule is O=C(Cn1[nH]c(=O)c2ccccc2c1=O)NCc1ccccc1CN1CCCC1. The second-order valence-electron chi connectivity index (χ2n) is 7.41. The molecule has 0 aliphatic carbocycles. The van der Waals surface area contributed by atoms with Crippen LogP contribution in [0.2, 0.25) is 0 Å². The molecule has 3 aromatic rings. The minimum absolute atomic E-state index is 0.229. The smallest absolute Gasteiger partial charge is 0.273 e. The first-order valence-electron chi connectivity index (χ1n) is 9.89. The fourth-order valence-electron chi connectivity index (χ4n) is 3.82. The Morgan fingerprint density at radius 2 is 1.59 bits per heavy atom. The predicted octanol–water partition coefficient (Wildman–Crippen LogP) is 1.60. The van der Waals surface area contributed by atoms with Crippen LogP contribution in [0.25, 0.3) is 10.8 Å². The lowest BCUT2D eigenvalue weighted by atomic mass is 10.1. The number of aromatic nitrogens is 2. The zero-order valence-electron chi connectivity index (χ0n) is 16.2. The van der Waals surface area contributed by atoms with Crippen LogP contribution in [0.1, 0.15) is 24.0 Å². The molecule has 150 valence electrons. The Balaban J connectivity index is 1.45. The van der Waals surface area contributed by atoms with E-state index in [0.29, 0.717) is 17.3 Å². The largest absolute Gasteiger partial charge is 0.350 e. The molecule has 2 heterocycles. The van der Waals surface area contributed by atoms with E-state index in [2.05, 4.69) is 21.4 Å². The number of likely N-dealkylation sites (tertiary alicyclic amines) is 1. The molecule has 0 atom stereocenters. The lowest BCUT2D eigenvalue weighted by Gasteiger charge is -2.17. The van der Waals surface area contributed by atoms with Crippen LogP contribution in [0.4, 0.5) is 0 Å². The fraction of sp³-hybridized carbons (Fsp3) is 0.318. The number of H-pyrrole nitrogens is 1. The summed E-state index contributed by atoms with van der Waals surface area (Å²) in [5.41, 5.74) is 1.49. The molecule has 4 rings (SSSR count). The monoisotopic (exact) mass is 392 g/mol. The van der Waals surface area contributed by atoms with Gasteiger partial charge in [0.05, 0.1) is 10.8 Å². The molecule has 0 bridgehead atoms. The van der Waals surface area contributed by atoms with E-state index in [1.807, 2.05) is 18.2 Å². The summed E-state index contributed by atoms with van der Waals surface area (Å²) >= 11 is 0. The molecule has 1 aliphatic heterocycles. The number of fused-ring (bicyclic) bond motifs is 1. The summed E-state index contributed by atoms with van der Waals surface area (Å²) < 4.78 is 1.07. The fourth-order valence-corrected chi connectivity index (χ4v) is 3.82. The van der Waals surface area contributed by atoms with E-state index in [1.54, 1.807) is 24.3 Å². The minimum atomic E-state index is -0.385. The highest BCUT2D eigenvalue weighted by atomic mass is 16.2. The Labute approximate surface area is 167 Å². The van der Waals surface area contributed by atoms with Crippen molar-refractivity contribution >= 4 is 16.7 Å². The molecule has 0 unspecified atom stereocenters. The number of hydrogen-bond acceptors (Lipinski definition) is 4. The molecule has 1 saturated heterocycles. The van der Waals surface area contributed by atoms with Gasteiger partial charge >= 0.3 is 0 Å². The maximum Gasteiger partial charge on any atom is 0.273 e. The van der Waals surface area contributed by atoms with Gasteiger partial charge in [-0.25, -0.2) is 4.68 Å². The van der Waals surface area contributed by atoms with Crippen molar-refractivity contribution in [2.75, 3.05) is 13.1 Å². The van der Waals surface area contributed by atoms with E-state index in [-0.39, 0.29) is 23.6 Å². The number of aromatic amines is 1. The third kappa shape index (κ3) is 4.30. The molecule has 1 amide bonds. The first-order chi connectivity index (χ1) is 14.1. The van der Waals surface area contributed by atoms with Crippen molar-refractivity contribution in [2.24, 2.45) is 0 Å². The van der Waals surface area contributed by atoms with Crippen molar-refractivity contribution in [3.05, 3.63) is 80.4 Å². The van der Waals surface area contributed by atoms with E-state index >= 15 is 0 Å². The molecule has 7 nitrogen and oxygen atoms in total. The maximum absolute atomic E-state index is 12.5. The molecular formula is C22H24N4O3. The highest BCUT2D eigenvalue weighted by Gasteiger charge is 2.14. The van der Waals surface area contributed by atoms with Crippen LogP contribution in [0.5, 0.6) is 0 Å². The summed E-state index contributed by atoms with van der Waals surface area (Å²) in [7, 11) is 0. The number of hydrogen-bond donors (Lipinski definition) is 2. The molecule has 0 spiro atoms. The van der Waals surface area contributed by atoms with E-state index in [9.17, 15) is 14.4 Å². The number of carbonyl (C=O) groups is 1. The second-order valence-corrected chi connectivity index (χ2v) is 7.41. The molecule has 0 saturated carbocycles. The van der Waals surface area contributed by atoms with Crippen LogP contribution in [0.3, 0.4) is 0 Å². The van der Waals surface area contributed by atoms with Crippen LogP contribution in [-0.2, 0) is 24.4 Å². The topological polar surface area (TPSA) is 87.2 Å². The Kier molecular flexibility index (Phi) is 5.57. The Morgan fingerprint density at radius 3 is 2.34 bits per heavy atom. The van der Waals surface area contributed by atoms with Gasteiger partial charge in [-0.05, 0) is 49.2 Å². The maximum atomic E-state index is 12.5. The molecule has 29 heavy (non-hydrogen) atoms. The van der Waals surface area contributed by atoms with Crippen molar-refractivity contribution in [3.63, 3.8) is 0 Å². The number of nitrogens with zero attached hydrogens (tertiary/aromatic N) is 2. The van der Waals surface area contributed by atoms with Crippen molar-refractivity contribution < 1.29 is 4.79 Å². The van der Waals surface area contributed by atoms with E-state index in [1.165, 1.54) is 18.4 Å². The van der Waals surface area contributed by atoms with E-state index in [4.69, 9.17) is 0 Å². The minimum Gasteiger partial charge on any atom is -0.350 e. The van der Waals surface area contributed by atoms with Crippen molar-refractivity contribution in [3.8, 4) is 0 Å². The highest BCUT2D eigenvalue weighted by molar-refractivity contribution is 5.81. The molecular weight excluding hydrogens is 368 g/mol. The van der Waals surface area contributed by atoms with Gasteiger partial charge in [0, 0.05) is 13.1 Å². The van der Waals surface area contributed by atoms with E-state index < -0.39 is 0 Å². The first kappa shape index (κ1) is 19.1. The lowest BCUT2D eigenvalue weighted by Crippen LogP contribution is -2.36. The van der Waals surface area contributed by atoms with Crippen molar-refractivity contribution in [2.45, 2.75) is 32.5 Å². The van der Waals surface area contributed by atoms with Crippen LogP contribution < -0.4 is 16.4 Å². The predicted molar refractivity (Wildman–Crippen MR) is 112 cm³/mol. The molecule has 2 aromatic carbocycles. The Morgan fingerprint density at radius 1 is 0.931 bits per heavy atom. The zero-order chi connectivity index (χ0) is 20.2. The Hall–Kier alpha value is -3.19.